The maximum absolute atomic E-state index is 13.3. The quantitative estimate of drug-likeness (QED) is 0.847. The number of hydrogen-bond acceptors (Lipinski definition) is 4. The van der Waals surface area contributed by atoms with Gasteiger partial charge in [-0.15, -0.1) is 0 Å². The molecule has 1 atom stereocenters. The van der Waals surface area contributed by atoms with Crippen molar-refractivity contribution < 1.29 is 14.0 Å². The molecule has 0 saturated carbocycles. The Hall–Kier alpha value is -2.74. The molecule has 0 spiro atoms. The van der Waals surface area contributed by atoms with Gasteiger partial charge in [0, 0.05) is 52.5 Å². The lowest BCUT2D eigenvalue weighted by Gasteiger charge is -2.34. The van der Waals surface area contributed by atoms with E-state index in [2.05, 4.69) is 10.3 Å². The summed E-state index contributed by atoms with van der Waals surface area (Å²) in [5, 5.41) is 3.01. The van der Waals surface area contributed by atoms with Gasteiger partial charge in [-0.3, -0.25) is 14.5 Å². The number of carbonyl (C=O) groups is 2. The summed E-state index contributed by atoms with van der Waals surface area (Å²) in [5.41, 5.74) is 0.764. The van der Waals surface area contributed by atoms with Crippen LogP contribution in [0.1, 0.15) is 24.4 Å². The molecule has 2 aromatic rings. The number of rotatable bonds is 5. The molecule has 1 N–H and O–H groups in total. The van der Waals surface area contributed by atoms with E-state index < -0.39 is 6.04 Å². The second-order valence-electron chi connectivity index (χ2n) is 6.73. The van der Waals surface area contributed by atoms with Crippen LogP contribution in [0.25, 0.3) is 0 Å². The van der Waals surface area contributed by atoms with E-state index in [-0.39, 0.29) is 24.2 Å². The predicted molar refractivity (Wildman–Crippen MR) is 98.3 cm³/mol. The number of aryl methyl sites for hydroxylation is 1. The highest BCUT2D eigenvalue weighted by molar-refractivity contribution is 5.79. The Morgan fingerprint density at radius 1 is 1.19 bits per heavy atom. The molecule has 27 heavy (non-hydrogen) atoms. The van der Waals surface area contributed by atoms with Crippen LogP contribution in [0.2, 0.25) is 0 Å². The van der Waals surface area contributed by atoms with Crippen LogP contribution in [0.4, 0.5) is 4.39 Å². The number of piperazine rings is 1. The summed E-state index contributed by atoms with van der Waals surface area (Å²) in [7, 11) is 1.85. The lowest BCUT2D eigenvalue weighted by atomic mass is 10.1. The van der Waals surface area contributed by atoms with Gasteiger partial charge in [0.2, 0.25) is 11.8 Å². The molecule has 1 aliphatic heterocycles. The molecule has 0 radical (unpaired) electrons. The average molecular weight is 373 g/mol. The second kappa shape index (κ2) is 8.30. The zero-order valence-corrected chi connectivity index (χ0v) is 15.6. The Labute approximate surface area is 157 Å². The van der Waals surface area contributed by atoms with E-state index >= 15 is 0 Å². The molecule has 2 amide bonds. The summed E-state index contributed by atoms with van der Waals surface area (Å²) in [5.74, 6) is 0.275. The van der Waals surface area contributed by atoms with Crippen LogP contribution >= 0.6 is 0 Å². The minimum Gasteiger partial charge on any atom is -0.341 e. The monoisotopic (exact) mass is 373 g/mol. The summed E-state index contributed by atoms with van der Waals surface area (Å²) >= 11 is 0. The lowest BCUT2D eigenvalue weighted by molar-refractivity contribution is -0.131. The van der Waals surface area contributed by atoms with Gasteiger partial charge in [-0.2, -0.15) is 0 Å². The molecule has 2 heterocycles. The standard InChI is InChI=1S/C19H24FN5O2/c1-14(26)25-11-9-24(10-12-25)13-17(27)22-18(19-21-7-8-23(19)2)15-3-5-16(20)6-4-15/h3-8,18H,9-13H2,1-2H3,(H,22,27)/t18-/m0/s1. The molecular weight excluding hydrogens is 349 g/mol. The summed E-state index contributed by atoms with van der Waals surface area (Å²) in [6, 6.07) is 5.59. The van der Waals surface area contributed by atoms with Crippen LogP contribution in [0, 0.1) is 5.82 Å². The third-order valence-electron chi connectivity index (χ3n) is 4.81. The normalized spacial score (nSPS) is 16.2. The largest absolute Gasteiger partial charge is 0.341 e. The van der Waals surface area contributed by atoms with Crippen LogP contribution < -0.4 is 5.32 Å². The zero-order valence-electron chi connectivity index (χ0n) is 15.6. The molecular formula is C19H24FN5O2. The fourth-order valence-electron chi connectivity index (χ4n) is 3.24. The van der Waals surface area contributed by atoms with Crippen molar-refractivity contribution in [3.05, 3.63) is 53.9 Å². The molecule has 0 bridgehead atoms. The van der Waals surface area contributed by atoms with Crippen molar-refractivity contribution in [1.82, 2.24) is 24.7 Å². The van der Waals surface area contributed by atoms with Gasteiger partial charge in [-0.05, 0) is 17.7 Å². The highest BCUT2D eigenvalue weighted by Crippen LogP contribution is 2.20. The Bertz CT molecular complexity index is 797. The van der Waals surface area contributed by atoms with Crippen LogP contribution in [-0.2, 0) is 16.6 Å². The first-order chi connectivity index (χ1) is 12.9. The topological polar surface area (TPSA) is 70.5 Å². The summed E-state index contributed by atoms with van der Waals surface area (Å²) in [6.45, 7) is 4.39. The molecule has 0 aliphatic carbocycles. The van der Waals surface area contributed by atoms with E-state index in [4.69, 9.17) is 0 Å². The van der Waals surface area contributed by atoms with Gasteiger partial charge in [0.05, 0.1) is 6.54 Å². The third-order valence-corrected chi connectivity index (χ3v) is 4.81. The van der Waals surface area contributed by atoms with Gasteiger partial charge in [0.15, 0.2) is 0 Å². The molecule has 0 unspecified atom stereocenters. The maximum Gasteiger partial charge on any atom is 0.235 e. The summed E-state index contributed by atoms with van der Waals surface area (Å²) in [4.78, 5) is 32.2. The molecule has 3 rings (SSSR count). The van der Waals surface area contributed by atoms with E-state index in [0.717, 1.165) is 5.56 Å². The van der Waals surface area contributed by atoms with Crippen molar-refractivity contribution in [3.8, 4) is 0 Å². The first kappa shape index (κ1) is 19.0. The third kappa shape index (κ3) is 4.71. The highest BCUT2D eigenvalue weighted by Gasteiger charge is 2.24. The fourth-order valence-corrected chi connectivity index (χ4v) is 3.24. The number of hydrogen-bond donors (Lipinski definition) is 1. The highest BCUT2D eigenvalue weighted by atomic mass is 19.1. The van der Waals surface area contributed by atoms with Crippen LogP contribution in [0.3, 0.4) is 0 Å². The van der Waals surface area contributed by atoms with Crippen LogP contribution in [0.15, 0.2) is 36.7 Å². The number of nitrogens with zero attached hydrogens (tertiary/aromatic N) is 4. The van der Waals surface area contributed by atoms with Gasteiger partial charge in [-0.1, -0.05) is 12.1 Å². The van der Waals surface area contributed by atoms with Crippen molar-refractivity contribution in [2.24, 2.45) is 7.05 Å². The Balaban J connectivity index is 1.67. The SMILES string of the molecule is CC(=O)N1CCN(CC(=O)N[C@@H](c2ccc(F)cc2)c2nccn2C)CC1. The van der Waals surface area contributed by atoms with E-state index in [9.17, 15) is 14.0 Å². The minimum atomic E-state index is -0.461. The number of benzene rings is 1. The first-order valence-corrected chi connectivity index (χ1v) is 8.94. The number of carbonyl (C=O) groups excluding carboxylic acids is 2. The maximum atomic E-state index is 13.3. The van der Waals surface area contributed by atoms with Gasteiger partial charge in [-0.25, -0.2) is 9.37 Å². The van der Waals surface area contributed by atoms with Crippen molar-refractivity contribution >= 4 is 11.8 Å². The number of amides is 2. The Morgan fingerprint density at radius 3 is 2.41 bits per heavy atom. The molecule has 8 heteroatoms. The van der Waals surface area contributed by atoms with Gasteiger partial charge >= 0.3 is 0 Å². The van der Waals surface area contributed by atoms with Gasteiger partial charge in [0.25, 0.3) is 0 Å². The molecule has 144 valence electrons. The molecule has 1 aliphatic rings. The van der Waals surface area contributed by atoms with Crippen LogP contribution in [-0.4, -0.2) is 63.9 Å². The van der Waals surface area contributed by atoms with E-state index in [0.29, 0.717) is 32.0 Å². The number of aromatic nitrogens is 2. The first-order valence-electron chi connectivity index (χ1n) is 8.94. The van der Waals surface area contributed by atoms with Gasteiger partial charge < -0.3 is 14.8 Å². The van der Waals surface area contributed by atoms with Crippen molar-refractivity contribution in [3.63, 3.8) is 0 Å². The molecule has 1 fully saturated rings. The fraction of sp³-hybridized carbons (Fsp3) is 0.421. The van der Waals surface area contributed by atoms with Gasteiger partial charge in [0.1, 0.15) is 17.7 Å². The number of halogens is 1. The van der Waals surface area contributed by atoms with Crippen molar-refractivity contribution in [2.75, 3.05) is 32.7 Å². The second-order valence-corrected chi connectivity index (χ2v) is 6.73. The average Bonchev–Trinajstić information content (AvgIpc) is 3.07. The Kier molecular flexibility index (Phi) is 5.85. The zero-order chi connectivity index (χ0) is 19.4. The molecule has 1 aromatic carbocycles. The summed E-state index contributed by atoms with van der Waals surface area (Å²) in [6.07, 6.45) is 3.47. The molecule has 1 saturated heterocycles. The molecule has 1 aromatic heterocycles. The summed E-state index contributed by atoms with van der Waals surface area (Å²) < 4.78 is 15.1. The number of imidazole rings is 1. The van der Waals surface area contributed by atoms with Crippen molar-refractivity contribution in [1.29, 1.82) is 0 Å². The number of nitrogens with one attached hydrogen (secondary N) is 1. The Morgan fingerprint density at radius 2 is 1.85 bits per heavy atom. The van der Waals surface area contributed by atoms with Crippen molar-refractivity contribution in [2.45, 2.75) is 13.0 Å². The van der Waals surface area contributed by atoms with E-state index in [1.807, 2.05) is 16.5 Å². The lowest BCUT2D eigenvalue weighted by Crippen LogP contribution is -2.51. The van der Waals surface area contributed by atoms with E-state index in [1.54, 1.807) is 36.4 Å². The van der Waals surface area contributed by atoms with Crippen LogP contribution in [0.5, 0.6) is 0 Å². The smallest absolute Gasteiger partial charge is 0.235 e. The predicted octanol–water partition coefficient (Wildman–Crippen LogP) is 0.929. The van der Waals surface area contributed by atoms with E-state index in [1.165, 1.54) is 12.1 Å². The minimum absolute atomic E-state index is 0.0604. The molecule has 7 nitrogen and oxygen atoms in total.